The van der Waals surface area contributed by atoms with Gasteiger partial charge in [-0.15, -0.1) is 0 Å². The number of fused-ring (bicyclic) bond motifs is 2. The topological polar surface area (TPSA) is 99.6 Å². The van der Waals surface area contributed by atoms with Crippen LogP contribution in [0.1, 0.15) is 28.2 Å². The van der Waals surface area contributed by atoms with Crippen LogP contribution >= 0.6 is 0 Å². The average molecular weight is 446 g/mol. The first-order valence-corrected chi connectivity index (χ1v) is 10.7. The Kier molecular flexibility index (Phi) is 5.27. The lowest BCUT2D eigenvalue weighted by Crippen LogP contribution is -2.12. The minimum atomic E-state index is 0.218. The molecule has 0 amide bonds. The maximum absolute atomic E-state index is 8.51. The normalized spacial score (nSPS) is 14.4. The van der Waals surface area contributed by atoms with E-state index in [1.54, 1.807) is 18.6 Å². The highest BCUT2D eigenvalue weighted by Gasteiger charge is 2.16. The van der Waals surface area contributed by atoms with Gasteiger partial charge in [0.15, 0.2) is 0 Å². The SMILES string of the molecule is C=CN1C=Cc2cc[nH]c2/C1=C\c1ccc(/C(N)=C/c2c3nccc-3ccn2C=C)c(=N)cn1. The van der Waals surface area contributed by atoms with Gasteiger partial charge < -0.3 is 20.2 Å². The lowest BCUT2D eigenvalue weighted by Gasteiger charge is -2.22. The highest BCUT2D eigenvalue weighted by molar-refractivity contribution is 5.86. The monoisotopic (exact) mass is 445 g/mol. The van der Waals surface area contributed by atoms with Crippen LogP contribution in [-0.2, 0) is 0 Å². The summed E-state index contributed by atoms with van der Waals surface area (Å²) in [7, 11) is 0. The van der Waals surface area contributed by atoms with Crippen LogP contribution in [0.3, 0.4) is 0 Å². The maximum Gasteiger partial charge on any atom is 0.0943 e. The van der Waals surface area contributed by atoms with Crippen molar-refractivity contribution < 1.29 is 0 Å². The zero-order chi connectivity index (χ0) is 23.7. The number of aromatic nitrogens is 4. The molecular weight excluding hydrogens is 422 g/mol. The van der Waals surface area contributed by atoms with Crippen molar-refractivity contribution in [3.63, 3.8) is 0 Å². The van der Waals surface area contributed by atoms with E-state index in [0.29, 0.717) is 17.0 Å². The first kappa shape index (κ1) is 21.0. The van der Waals surface area contributed by atoms with Crippen LogP contribution in [0.4, 0.5) is 0 Å². The summed E-state index contributed by atoms with van der Waals surface area (Å²) >= 11 is 0. The maximum atomic E-state index is 8.51. The molecular formula is C27H23N7. The van der Waals surface area contributed by atoms with Crippen molar-refractivity contribution in [1.82, 2.24) is 24.4 Å². The molecule has 166 valence electrons. The molecule has 0 spiro atoms. The van der Waals surface area contributed by atoms with Crippen molar-refractivity contribution in [2.45, 2.75) is 0 Å². The molecule has 4 N–H and O–H groups in total. The highest BCUT2D eigenvalue weighted by atomic mass is 15.1. The number of nitrogens with two attached hydrogens (primary N) is 1. The predicted molar refractivity (Wildman–Crippen MR) is 137 cm³/mol. The van der Waals surface area contributed by atoms with Crippen LogP contribution < -0.4 is 11.1 Å². The molecule has 0 unspecified atom stereocenters. The molecule has 2 aromatic heterocycles. The summed E-state index contributed by atoms with van der Waals surface area (Å²) in [6.45, 7) is 7.78. The standard InChI is InChI=1S/C27H23N7/c1-3-33-13-9-18-7-11-30-26(18)24(33)15-20-5-6-21(23(29)17-32-20)22(28)16-25-27-19(8-12-31-27)10-14-34(25)4-2/h3-17,29-30H,1-2,28H2/b22-16-,24-15+,29-23?. The van der Waals surface area contributed by atoms with Crippen molar-refractivity contribution in [3.8, 4) is 11.3 Å². The van der Waals surface area contributed by atoms with E-state index in [-0.39, 0.29) is 5.36 Å². The third kappa shape index (κ3) is 3.65. The van der Waals surface area contributed by atoms with E-state index in [4.69, 9.17) is 11.1 Å². The third-order valence-electron chi connectivity index (χ3n) is 5.73. The Morgan fingerprint density at radius 3 is 2.79 bits per heavy atom. The Morgan fingerprint density at radius 2 is 1.97 bits per heavy atom. The summed E-state index contributed by atoms with van der Waals surface area (Å²) in [4.78, 5) is 14.2. The summed E-state index contributed by atoms with van der Waals surface area (Å²) in [5.74, 6) is 0. The summed E-state index contributed by atoms with van der Waals surface area (Å²) in [6.07, 6.45) is 18.3. The van der Waals surface area contributed by atoms with Gasteiger partial charge in [0.2, 0.25) is 0 Å². The van der Waals surface area contributed by atoms with Crippen LogP contribution in [0, 0.1) is 5.41 Å². The zero-order valence-electron chi connectivity index (χ0n) is 18.4. The number of nitrogens with zero attached hydrogens (tertiary/aromatic N) is 4. The third-order valence-corrected chi connectivity index (χ3v) is 5.73. The number of hydrogen-bond donors (Lipinski definition) is 3. The van der Waals surface area contributed by atoms with E-state index in [0.717, 1.165) is 33.9 Å². The molecule has 3 aliphatic heterocycles. The Balaban J connectivity index is 1.57. The lowest BCUT2D eigenvalue weighted by molar-refractivity contribution is 0.724. The van der Waals surface area contributed by atoms with E-state index in [1.807, 2.05) is 76.6 Å². The number of aromatic amines is 1. The fourth-order valence-corrected chi connectivity index (χ4v) is 3.99. The van der Waals surface area contributed by atoms with Crippen LogP contribution in [0.5, 0.6) is 0 Å². The fraction of sp³-hybridized carbons (Fsp3) is 0. The molecule has 5 heterocycles. The van der Waals surface area contributed by atoms with Crippen molar-refractivity contribution in [2.75, 3.05) is 0 Å². The molecule has 0 bridgehead atoms. The van der Waals surface area contributed by atoms with Gasteiger partial charge in [0.25, 0.3) is 0 Å². The largest absolute Gasteiger partial charge is 0.398 e. The summed E-state index contributed by atoms with van der Waals surface area (Å²) < 4.78 is 1.86. The van der Waals surface area contributed by atoms with E-state index in [2.05, 4.69) is 28.1 Å². The summed E-state index contributed by atoms with van der Waals surface area (Å²) in [5, 5.41) is 8.73. The van der Waals surface area contributed by atoms with Gasteiger partial charge in [-0.1, -0.05) is 13.2 Å². The Labute approximate surface area is 197 Å². The van der Waals surface area contributed by atoms with Gasteiger partial charge in [-0.05, 0) is 48.6 Å². The molecule has 5 rings (SSSR count). The number of pyridine rings is 1. The lowest BCUT2D eigenvalue weighted by atomic mass is 10.1. The molecule has 2 aromatic rings. The van der Waals surface area contributed by atoms with Gasteiger partial charge in [0.1, 0.15) is 0 Å². The smallest absolute Gasteiger partial charge is 0.0943 e. The summed E-state index contributed by atoms with van der Waals surface area (Å²) in [5.41, 5.74) is 13.8. The number of H-pyrrole nitrogens is 1. The Bertz CT molecular complexity index is 1530. The second-order valence-electron chi connectivity index (χ2n) is 7.73. The van der Waals surface area contributed by atoms with Crippen LogP contribution in [-0.4, -0.2) is 24.4 Å². The van der Waals surface area contributed by atoms with Crippen molar-refractivity contribution in [2.24, 2.45) is 5.73 Å². The number of hydrogen-bond acceptors (Lipinski definition) is 5. The van der Waals surface area contributed by atoms with E-state index in [1.165, 1.54) is 6.20 Å². The van der Waals surface area contributed by atoms with Gasteiger partial charge in [0.05, 0.1) is 40.0 Å². The van der Waals surface area contributed by atoms with Crippen LogP contribution in [0.2, 0.25) is 0 Å². The average Bonchev–Trinajstić information content (AvgIpc) is 3.48. The molecule has 0 saturated heterocycles. The van der Waals surface area contributed by atoms with E-state index >= 15 is 0 Å². The second kappa shape index (κ2) is 8.55. The molecule has 7 nitrogen and oxygen atoms in total. The summed E-state index contributed by atoms with van der Waals surface area (Å²) in [6, 6.07) is 9.61. The van der Waals surface area contributed by atoms with Gasteiger partial charge in [-0.25, -0.2) is 0 Å². The number of rotatable bonds is 5. The molecule has 0 fully saturated rings. The van der Waals surface area contributed by atoms with Crippen LogP contribution in [0.15, 0.2) is 80.7 Å². The Morgan fingerprint density at radius 1 is 1.09 bits per heavy atom. The molecule has 3 aliphatic rings. The first-order chi connectivity index (χ1) is 16.6. The second-order valence-corrected chi connectivity index (χ2v) is 7.73. The van der Waals surface area contributed by atoms with Gasteiger partial charge >= 0.3 is 0 Å². The van der Waals surface area contributed by atoms with Gasteiger partial charge in [0, 0.05) is 59.6 Å². The van der Waals surface area contributed by atoms with Gasteiger partial charge in [-0.3, -0.25) is 15.4 Å². The molecule has 34 heavy (non-hydrogen) atoms. The molecule has 0 aromatic carbocycles. The van der Waals surface area contributed by atoms with Crippen molar-refractivity contribution >= 4 is 35.8 Å². The molecule has 0 saturated carbocycles. The van der Waals surface area contributed by atoms with Crippen molar-refractivity contribution in [3.05, 3.63) is 114 Å². The fourth-order valence-electron chi connectivity index (χ4n) is 3.99. The minimum Gasteiger partial charge on any atom is -0.398 e. The molecule has 0 radical (unpaired) electrons. The van der Waals surface area contributed by atoms with Crippen molar-refractivity contribution in [1.29, 1.82) is 5.41 Å². The minimum absolute atomic E-state index is 0.218. The van der Waals surface area contributed by atoms with E-state index < -0.39 is 0 Å². The number of nitrogens with one attached hydrogen (secondary N) is 2. The Hall–Kier alpha value is -4.91. The molecule has 7 heteroatoms. The van der Waals surface area contributed by atoms with Gasteiger partial charge in [-0.2, -0.15) is 0 Å². The quantitative estimate of drug-likeness (QED) is 0.415. The van der Waals surface area contributed by atoms with Crippen LogP contribution in [0.25, 0.3) is 47.1 Å². The highest BCUT2D eigenvalue weighted by Crippen LogP contribution is 2.30. The predicted octanol–water partition coefficient (Wildman–Crippen LogP) is 4.68. The molecule has 0 aliphatic carbocycles. The molecule has 0 atom stereocenters. The van der Waals surface area contributed by atoms with E-state index in [9.17, 15) is 0 Å². The first-order valence-electron chi connectivity index (χ1n) is 10.7. The zero-order valence-corrected chi connectivity index (χ0v) is 18.4.